The van der Waals surface area contributed by atoms with Crippen LogP contribution in [0.4, 0.5) is 10.5 Å². The quantitative estimate of drug-likeness (QED) is 0.772. The van der Waals surface area contributed by atoms with Crippen LogP contribution in [0, 0.1) is 0 Å². The number of anilines is 1. The number of carbonyl (C=O) groups excluding carboxylic acids is 3. The zero-order valence-electron chi connectivity index (χ0n) is 14.7. The average molecular weight is 343 g/mol. The van der Waals surface area contributed by atoms with E-state index in [1.807, 2.05) is 23.1 Å². The first-order chi connectivity index (χ1) is 12.1. The molecule has 6 nitrogen and oxygen atoms in total. The molecule has 2 fully saturated rings. The predicted molar refractivity (Wildman–Crippen MR) is 95.2 cm³/mol. The third kappa shape index (κ3) is 3.67. The van der Waals surface area contributed by atoms with E-state index in [1.54, 1.807) is 17.0 Å². The summed E-state index contributed by atoms with van der Waals surface area (Å²) < 4.78 is 0. The van der Waals surface area contributed by atoms with Gasteiger partial charge in [-0.1, -0.05) is 31.5 Å². The Kier molecular flexibility index (Phi) is 5.36. The topological polar surface area (TPSA) is 60.9 Å². The molecule has 2 aliphatic heterocycles. The molecule has 0 radical (unpaired) electrons. The number of nitrogens with zero attached hydrogens (tertiary/aromatic N) is 3. The van der Waals surface area contributed by atoms with Crippen molar-refractivity contribution in [2.75, 3.05) is 24.5 Å². The number of hydrogen-bond donors (Lipinski definition) is 0. The Morgan fingerprint density at radius 2 is 1.80 bits per heavy atom. The van der Waals surface area contributed by atoms with Crippen molar-refractivity contribution < 1.29 is 14.4 Å². The van der Waals surface area contributed by atoms with Gasteiger partial charge in [0, 0.05) is 25.6 Å². The normalized spacial score (nSPS) is 19.0. The summed E-state index contributed by atoms with van der Waals surface area (Å²) in [6.07, 6.45) is 4.01. The summed E-state index contributed by atoms with van der Waals surface area (Å²) in [5, 5.41) is 0. The molecule has 2 aliphatic rings. The molecular formula is C19H25N3O3. The number of piperidine rings is 1. The fourth-order valence-corrected chi connectivity index (χ4v) is 3.55. The molecule has 0 atom stereocenters. The van der Waals surface area contributed by atoms with Crippen LogP contribution in [0.25, 0.3) is 0 Å². The highest BCUT2D eigenvalue weighted by Crippen LogP contribution is 2.26. The van der Waals surface area contributed by atoms with E-state index in [4.69, 9.17) is 0 Å². The summed E-state index contributed by atoms with van der Waals surface area (Å²) in [6, 6.07) is 8.82. The van der Waals surface area contributed by atoms with Gasteiger partial charge < -0.3 is 9.80 Å². The lowest BCUT2D eigenvalue weighted by atomic mass is 10.0. The number of rotatable bonds is 5. The Morgan fingerprint density at radius 1 is 1.12 bits per heavy atom. The smallest absolute Gasteiger partial charge is 0.332 e. The van der Waals surface area contributed by atoms with Crippen molar-refractivity contribution in [3.63, 3.8) is 0 Å². The van der Waals surface area contributed by atoms with Gasteiger partial charge in [-0.25, -0.2) is 9.69 Å². The Labute approximate surface area is 148 Å². The Balaban J connectivity index is 1.60. The molecule has 0 aliphatic carbocycles. The van der Waals surface area contributed by atoms with Crippen molar-refractivity contribution in [3.05, 3.63) is 30.3 Å². The molecule has 1 aromatic rings. The van der Waals surface area contributed by atoms with E-state index in [9.17, 15) is 14.4 Å². The molecule has 4 amide bonds. The highest BCUT2D eigenvalue weighted by molar-refractivity contribution is 6.19. The number of urea groups is 1. The lowest BCUT2D eigenvalue weighted by Crippen LogP contribution is -2.48. The third-order valence-electron chi connectivity index (χ3n) is 5.01. The van der Waals surface area contributed by atoms with Crippen LogP contribution in [-0.2, 0) is 9.59 Å². The van der Waals surface area contributed by atoms with Gasteiger partial charge in [0.1, 0.15) is 6.54 Å². The van der Waals surface area contributed by atoms with Crippen molar-refractivity contribution >= 4 is 23.5 Å². The van der Waals surface area contributed by atoms with Gasteiger partial charge in [0.15, 0.2) is 0 Å². The van der Waals surface area contributed by atoms with Gasteiger partial charge in [-0.3, -0.25) is 9.59 Å². The molecule has 0 unspecified atom stereocenters. The highest BCUT2D eigenvalue weighted by atomic mass is 16.2. The molecule has 0 bridgehead atoms. The monoisotopic (exact) mass is 343 g/mol. The van der Waals surface area contributed by atoms with Crippen LogP contribution in [0.2, 0.25) is 0 Å². The van der Waals surface area contributed by atoms with Gasteiger partial charge in [0.05, 0.1) is 5.69 Å². The standard InChI is InChI=1S/C19H25N3O3/c1-2-3-9-17(23)20-12-10-15(11-13-20)21-14-18(24)22(19(21)25)16-7-5-4-6-8-16/h4-8,15H,2-3,9-14H2,1H3. The Hall–Kier alpha value is -2.37. The van der Waals surface area contributed by atoms with Crippen molar-refractivity contribution in [2.24, 2.45) is 0 Å². The van der Waals surface area contributed by atoms with Crippen molar-refractivity contribution in [1.82, 2.24) is 9.80 Å². The van der Waals surface area contributed by atoms with Gasteiger partial charge in [0.25, 0.3) is 5.91 Å². The minimum Gasteiger partial charge on any atom is -0.343 e. The van der Waals surface area contributed by atoms with Crippen LogP contribution in [0.5, 0.6) is 0 Å². The first-order valence-corrected chi connectivity index (χ1v) is 9.08. The summed E-state index contributed by atoms with van der Waals surface area (Å²) in [4.78, 5) is 42.0. The van der Waals surface area contributed by atoms with Crippen LogP contribution in [0.1, 0.15) is 39.0 Å². The molecule has 0 saturated carbocycles. The predicted octanol–water partition coefficient (Wildman–Crippen LogP) is 2.64. The van der Waals surface area contributed by atoms with Gasteiger partial charge >= 0.3 is 6.03 Å². The van der Waals surface area contributed by atoms with Crippen molar-refractivity contribution in [2.45, 2.75) is 45.1 Å². The highest BCUT2D eigenvalue weighted by Gasteiger charge is 2.41. The number of benzene rings is 1. The number of imide groups is 1. The Morgan fingerprint density at radius 3 is 2.44 bits per heavy atom. The second kappa shape index (κ2) is 7.68. The maximum Gasteiger partial charge on any atom is 0.332 e. The molecule has 0 N–H and O–H groups in total. The SMILES string of the molecule is CCCCC(=O)N1CCC(N2CC(=O)N(c3ccccc3)C2=O)CC1. The lowest BCUT2D eigenvalue weighted by Gasteiger charge is -2.36. The Bertz CT molecular complexity index is 639. The molecule has 3 rings (SSSR count). The molecule has 1 aromatic carbocycles. The molecular weight excluding hydrogens is 318 g/mol. The van der Waals surface area contributed by atoms with Gasteiger partial charge in [-0.15, -0.1) is 0 Å². The molecule has 0 spiro atoms. The van der Waals surface area contributed by atoms with E-state index in [0.717, 1.165) is 25.7 Å². The first kappa shape index (κ1) is 17.5. The number of unbranched alkanes of at least 4 members (excludes halogenated alkanes) is 1. The third-order valence-corrected chi connectivity index (χ3v) is 5.01. The minimum atomic E-state index is -0.244. The van der Waals surface area contributed by atoms with Crippen LogP contribution in [-0.4, -0.2) is 53.3 Å². The van der Waals surface area contributed by atoms with Crippen LogP contribution in [0.3, 0.4) is 0 Å². The number of amides is 4. The summed E-state index contributed by atoms with van der Waals surface area (Å²) in [6.45, 7) is 3.53. The van der Waals surface area contributed by atoms with Crippen molar-refractivity contribution in [1.29, 1.82) is 0 Å². The van der Waals surface area contributed by atoms with Gasteiger partial charge in [0.2, 0.25) is 5.91 Å². The van der Waals surface area contributed by atoms with E-state index < -0.39 is 0 Å². The summed E-state index contributed by atoms with van der Waals surface area (Å²) in [5.74, 6) is 0.0210. The molecule has 134 valence electrons. The zero-order chi connectivity index (χ0) is 17.8. The number of hydrogen-bond acceptors (Lipinski definition) is 3. The average Bonchev–Trinajstić information content (AvgIpc) is 2.95. The molecule has 2 saturated heterocycles. The van der Waals surface area contributed by atoms with Gasteiger partial charge in [-0.05, 0) is 31.4 Å². The first-order valence-electron chi connectivity index (χ1n) is 9.08. The summed E-state index contributed by atoms with van der Waals surface area (Å²) >= 11 is 0. The van der Waals surface area contributed by atoms with E-state index in [1.165, 1.54) is 4.90 Å². The maximum atomic E-state index is 12.7. The van der Waals surface area contributed by atoms with Crippen LogP contribution in [0.15, 0.2) is 30.3 Å². The van der Waals surface area contributed by atoms with Crippen LogP contribution >= 0.6 is 0 Å². The van der Waals surface area contributed by atoms with E-state index >= 15 is 0 Å². The van der Waals surface area contributed by atoms with Crippen LogP contribution < -0.4 is 4.90 Å². The number of carbonyl (C=O) groups is 3. The van der Waals surface area contributed by atoms with Gasteiger partial charge in [-0.2, -0.15) is 0 Å². The number of para-hydroxylation sites is 1. The second-order valence-corrected chi connectivity index (χ2v) is 6.69. The molecule has 6 heteroatoms. The largest absolute Gasteiger partial charge is 0.343 e. The second-order valence-electron chi connectivity index (χ2n) is 6.69. The molecule has 25 heavy (non-hydrogen) atoms. The van der Waals surface area contributed by atoms with E-state index in [2.05, 4.69) is 6.92 Å². The maximum absolute atomic E-state index is 12.7. The van der Waals surface area contributed by atoms with E-state index in [0.29, 0.717) is 25.2 Å². The fraction of sp³-hybridized carbons (Fsp3) is 0.526. The van der Waals surface area contributed by atoms with Crippen molar-refractivity contribution in [3.8, 4) is 0 Å². The molecule has 2 heterocycles. The zero-order valence-corrected chi connectivity index (χ0v) is 14.7. The summed E-state index contributed by atoms with van der Waals surface area (Å²) in [5.41, 5.74) is 0.618. The molecule has 0 aromatic heterocycles. The number of likely N-dealkylation sites (tertiary alicyclic amines) is 1. The fourth-order valence-electron chi connectivity index (χ4n) is 3.55. The summed E-state index contributed by atoms with van der Waals surface area (Å²) in [7, 11) is 0. The minimum absolute atomic E-state index is 0.0281. The lowest BCUT2D eigenvalue weighted by molar-refractivity contribution is -0.132. The van der Waals surface area contributed by atoms with E-state index in [-0.39, 0.29) is 30.4 Å².